The van der Waals surface area contributed by atoms with E-state index in [2.05, 4.69) is 50.1 Å². The van der Waals surface area contributed by atoms with Crippen LogP contribution in [-0.4, -0.2) is 33.5 Å². The molecule has 0 saturated heterocycles. The summed E-state index contributed by atoms with van der Waals surface area (Å²) in [6.07, 6.45) is 4.63. The van der Waals surface area contributed by atoms with Gasteiger partial charge in [-0.2, -0.15) is 0 Å². The highest BCUT2D eigenvalue weighted by Crippen LogP contribution is 2.24. The average Bonchev–Trinajstić information content (AvgIpc) is 2.85. The fourth-order valence-corrected chi connectivity index (χ4v) is 2.48. The van der Waals surface area contributed by atoms with Crippen LogP contribution in [0.4, 0.5) is 5.82 Å². The second kappa shape index (κ2) is 5.52. The molecule has 0 spiro atoms. The van der Waals surface area contributed by atoms with Gasteiger partial charge in [-0.25, -0.2) is 9.97 Å². The summed E-state index contributed by atoms with van der Waals surface area (Å²) < 4.78 is 0. The van der Waals surface area contributed by atoms with Gasteiger partial charge in [0, 0.05) is 31.7 Å². The van der Waals surface area contributed by atoms with E-state index in [1.54, 1.807) is 0 Å². The molecule has 0 aliphatic rings. The quantitative estimate of drug-likeness (QED) is 0.798. The van der Waals surface area contributed by atoms with E-state index in [1.165, 1.54) is 5.56 Å². The molecule has 0 amide bonds. The lowest BCUT2D eigenvalue weighted by Crippen LogP contribution is -2.22. The van der Waals surface area contributed by atoms with Crippen molar-refractivity contribution in [2.45, 2.75) is 20.3 Å². The first-order chi connectivity index (χ1) is 10.1. The summed E-state index contributed by atoms with van der Waals surface area (Å²) in [4.78, 5) is 18.6. The van der Waals surface area contributed by atoms with Gasteiger partial charge in [-0.15, -0.1) is 0 Å². The maximum Gasteiger partial charge on any atom is 0.143 e. The molecule has 5 nitrogen and oxygen atoms in total. The smallest absolute Gasteiger partial charge is 0.143 e. The molecule has 3 aromatic heterocycles. The predicted octanol–water partition coefficient (Wildman–Crippen LogP) is 2.65. The van der Waals surface area contributed by atoms with Crippen LogP contribution in [0.3, 0.4) is 0 Å². The molecule has 0 atom stereocenters. The monoisotopic (exact) mass is 281 g/mol. The van der Waals surface area contributed by atoms with E-state index in [1.807, 2.05) is 26.2 Å². The third-order valence-electron chi connectivity index (χ3n) is 3.56. The van der Waals surface area contributed by atoms with Crippen molar-refractivity contribution in [1.29, 1.82) is 0 Å². The van der Waals surface area contributed by atoms with Crippen LogP contribution in [0.5, 0.6) is 0 Å². The molecule has 0 unspecified atom stereocenters. The molecule has 3 aromatic rings. The number of H-pyrrole nitrogens is 1. The number of nitrogens with one attached hydrogen (secondary N) is 1. The molecule has 21 heavy (non-hydrogen) atoms. The van der Waals surface area contributed by atoms with E-state index in [9.17, 15) is 0 Å². The van der Waals surface area contributed by atoms with Crippen molar-refractivity contribution >= 4 is 16.9 Å². The van der Waals surface area contributed by atoms with E-state index in [4.69, 9.17) is 0 Å². The predicted molar refractivity (Wildman–Crippen MR) is 84.6 cm³/mol. The Bertz CT molecular complexity index is 748. The number of hydrogen-bond acceptors (Lipinski definition) is 4. The van der Waals surface area contributed by atoms with E-state index >= 15 is 0 Å². The van der Waals surface area contributed by atoms with Gasteiger partial charge in [0.2, 0.25) is 0 Å². The Kier molecular flexibility index (Phi) is 3.56. The Labute approximate surface area is 124 Å². The van der Waals surface area contributed by atoms with Crippen LogP contribution >= 0.6 is 0 Å². The van der Waals surface area contributed by atoms with Crippen LogP contribution in [0.15, 0.2) is 30.6 Å². The van der Waals surface area contributed by atoms with Crippen molar-refractivity contribution in [3.63, 3.8) is 0 Å². The lowest BCUT2D eigenvalue weighted by atomic mass is 10.2. The van der Waals surface area contributed by atoms with Gasteiger partial charge in [-0.3, -0.25) is 4.98 Å². The van der Waals surface area contributed by atoms with Crippen LogP contribution < -0.4 is 4.90 Å². The molecule has 0 bridgehead atoms. The van der Waals surface area contributed by atoms with Gasteiger partial charge in [-0.1, -0.05) is 0 Å². The highest BCUT2D eigenvalue weighted by atomic mass is 15.2. The topological polar surface area (TPSA) is 57.7 Å². The first-order valence-electron chi connectivity index (χ1n) is 7.07. The van der Waals surface area contributed by atoms with Crippen molar-refractivity contribution in [3.05, 3.63) is 47.7 Å². The molecule has 0 aliphatic carbocycles. The van der Waals surface area contributed by atoms with Crippen molar-refractivity contribution in [1.82, 2.24) is 19.9 Å². The molecule has 0 fully saturated rings. The maximum atomic E-state index is 4.61. The van der Waals surface area contributed by atoms with Crippen molar-refractivity contribution in [3.8, 4) is 0 Å². The zero-order valence-corrected chi connectivity index (χ0v) is 12.6. The minimum Gasteiger partial charge on any atom is -0.359 e. The largest absolute Gasteiger partial charge is 0.359 e. The molecule has 0 radical (unpaired) electrons. The molecule has 0 aromatic carbocycles. The highest BCUT2D eigenvalue weighted by Gasteiger charge is 2.12. The number of aryl methyl sites for hydroxylation is 2. The van der Waals surface area contributed by atoms with Gasteiger partial charge in [0.1, 0.15) is 17.3 Å². The highest BCUT2D eigenvalue weighted by molar-refractivity contribution is 5.88. The van der Waals surface area contributed by atoms with E-state index in [0.29, 0.717) is 0 Å². The van der Waals surface area contributed by atoms with E-state index in [0.717, 1.165) is 41.3 Å². The summed E-state index contributed by atoms with van der Waals surface area (Å²) in [6, 6.07) is 6.21. The number of nitrogens with zero attached hydrogens (tertiary/aromatic N) is 4. The molecule has 0 aliphatic heterocycles. The Morgan fingerprint density at radius 2 is 1.90 bits per heavy atom. The van der Waals surface area contributed by atoms with E-state index in [-0.39, 0.29) is 0 Å². The van der Waals surface area contributed by atoms with Crippen molar-refractivity contribution in [2.24, 2.45) is 0 Å². The van der Waals surface area contributed by atoms with Gasteiger partial charge < -0.3 is 9.88 Å². The molecule has 3 heterocycles. The number of pyridine rings is 1. The summed E-state index contributed by atoms with van der Waals surface area (Å²) in [6.45, 7) is 4.87. The Morgan fingerprint density at radius 1 is 1.14 bits per heavy atom. The summed E-state index contributed by atoms with van der Waals surface area (Å²) in [5.41, 5.74) is 3.29. The van der Waals surface area contributed by atoms with Crippen LogP contribution in [0.25, 0.3) is 11.0 Å². The molecular weight excluding hydrogens is 262 g/mol. The second-order valence-electron chi connectivity index (χ2n) is 5.34. The Balaban J connectivity index is 1.85. The maximum absolute atomic E-state index is 4.61. The van der Waals surface area contributed by atoms with Gasteiger partial charge in [0.15, 0.2) is 0 Å². The molecule has 3 rings (SSSR count). The number of aromatic amines is 1. The Hall–Kier alpha value is -2.43. The number of fused-ring (bicyclic) bond motifs is 1. The molecule has 1 N–H and O–H groups in total. The van der Waals surface area contributed by atoms with Gasteiger partial charge in [0.05, 0.1) is 5.39 Å². The minimum atomic E-state index is 0.787. The summed E-state index contributed by atoms with van der Waals surface area (Å²) in [7, 11) is 2.07. The normalized spacial score (nSPS) is 11.0. The summed E-state index contributed by atoms with van der Waals surface area (Å²) in [5.74, 6) is 1.77. The fraction of sp³-hybridized carbons (Fsp3) is 0.312. The summed E-state index contributed by atoms with van der Waals surface area (Å²) >= 11 is 0. The third-order valence-corrected chi connectivity index (χ3v) is 3.56. The van der Waals surface area contributed by atoms with Crippen LogP contribution in [0.1, 0.15) is 17.1 Å². The lowest BCUT2D eigenvalue weighted by Gasteiger charge is -2.19. The van der Waals surface area contributed by atoms with Crippen molar-refractivity contribution < 1.29 is 0 Å². The van der Waals surface area contributed by atoms with Gasteiger partial charge in [-0.05, 0) is 44.0 Å². The molecular formula is C16H19N5. The first kappa shape index (κ1) is 13.5. The summed E-state index contributed by atoms with van der Waals surface area (Å²) in [5, 5.41) is 1.08. The van der Waals surface area contributed by atoms with E-state index < -0.39 is 0 Å². The average molecular weight is 281 g/mol. The van der Waals surface area contributed by atoms with Crippen LogP contribution in [0, 0.1) is 13.8 Å². The molecule has 108 valence electrons. The van der Waals surface area contributed by atoms with Gasteiger partial charge in [0.25, 0.3) is 0 Å². The third kappa shape index (κ3) is 2.86. The zero-order chi connectivity index (χ0) is 14.8. The first-order valence-corrected chi connectivity index (χ1v) is 7.07. The fourth-order valence-electron chi connectivity index (χ4n) is 2.48. The van der Waals surface area contributed by atoms with Gasteiger partial charge >= 0.3 is 0 Å². The van der Waals surface area contributed by atoms with Crippen molar-refractivity contribution in [2.75, 3.05) is 18.5 Å². The number of hydrogen-bond donors (Lipinski definition) is 1. The SMILES string of the molecule is Cc1nc(N(C)CCc2ccncc2)c2cc(C)[nH]c2n1. The number of likely N-dealkylation sites (N-methyl/N-ethyl adjacent to an activating group) is 1. The molecule has 0 saturated carbocycles. The number of rotatable bonds is 4. The number of anilines is 1. The lowest BCUT2D eigenvalue weighted by molar-refractivity contribution is 0.855. The minimum absolute atomic E-state index is 0.787. The van der Waals surface area contributed by atoms with Crippen LogP contribution in [-0.2, 0) is 6.42 Å². The number of aromatic nitrogens is 4. The zero-order valence-electron chi connectivity index (χ0n) is 12.6. The van der Waals surface area contributed by atoms with Crippen LogP contribution in [0.2, 0.25) is 0 Å². The Morgan fingerprint density at radius 3 is 2.67 bits per heavy atom. The molecule has 5 heteroatoms. The standard InChI is InChI=1S/C16H19N5/c1-11-10-14-15(18-11)19-12(2)20-16(14)21(3)9-6-13-4-7-17-8-5-13/h4-5,7-8,10H,6,9H2,1-3H3,(H,18,19,20). The second-order valence-corrected chi connectivity index (χ2v) is 5.34.